The van der Waals surface area contributed by atoms with E-state index in [1.807, 2.05) is 36.1 Å². The summed E-state index contributed by atoms with van der Waals surface area (Å²) in [6.07, 6.45) is 1.21. The average Bonchev–Trinajstić information content (AvgIpc) is 2.75. The number of piperazine rings is 1. The molecule has 1 unspecified atom stereocenters. The summed E-state index contributed by atoms with van der Waals surface area (Å²) in [4.78, 5) is 32.9. The minimum atomic E-state index is -0.596. The minimum absolute atomic E-state index is 0.0242. The van der Waals surface area contributed by atoms with E-state index in [4.69, 9.17) is 9.15 Å². The van der Waals surface area contributed by atoms with Gasteiger partial charge in [-0.1, -0.05) is 6.07 Å². The number of carbonyl (C=O) groups excluding carboxylic acids is 1. The Balaban J connectivity index is 1.35. The van der Waals surface area contributed by atoms with Crippen LogP contribution in [-0.2, 0) is 11.3 Å². The van der Waals surface area contributed by atoms with E-state index in [-0.39, 0.29) is 11.5 Å². The Labute approximate surface area is 174 Å². The van der Waals surface area contributed by atoms with E-state index in [2.05, 4.69) is 9.88 Å². The van der Waals surface area contributed by atoms with E-state index in [0.717, 1.165) is 36.3 Å². The molecule has 0 saturated carbocycles. The normalized spacial score (nSPS) is 15.9. The van der Waals surface area contributed by atoms with Gasteiger partial charge in [0.15, 0.2) is 6.10 Å². The number of rotatable bonds is 5. The molecule has 0 aliphatic carbocycles. The standard InChI is InChI=1S/C23H25N3O4/c1-16-13-22(27)30-21-7-6-19(14-20(16)21)29-17(2)23(28)26-11-9-25(10-12-26)15-18-5-3-4-8-24-18/h3-8,13-14,17H,9-12,15H2,1-2H3. The molecule has 7 nitrogen and oxygen atoms in total. The van der Waals surface area contributed by atoms with Crippen LogP contribution in [0, 0.1) is 6.92 Å². The fourth-order valence-corrected chi connectivity index (χ4v) is 3.73. The van der Waals surface area contributed by atoms with E-state index in [9.17, 15) is 9.59 Å². The summed E-state index contributed by atoms with van der Waals surface area (Å²) in [7, 11) is 0. The van der Waals surface area contributed by atoms with E-state index >= 15 is 0 Å². The van der Waals surface area contributed by atoms with Crippen molar-refractivity contribution in [3.05, 3.63) is 70.3 Å². The van der Waals surface area contributed by atoms with Crippen LogP contribution in [0.4, 0.5) is 0 Å². The molecular weight excluding hydrogens is 382 g/mol. The quantitative estimate of drug-likeness (QED) is 0.605. The largest absolute Gasteiger partial charge is 0.481 e. The zero-order chi connectivity index (χ0) is 21.1. The molecule has 0 spiro atoms. The van der Waals surface area contributed by atoms with E-state index in [1.54, 1.807) is 25.3 Å². The molecule has 1 atom stereocenters. The van der Waals surface area contributed by atoms with Crippen molar-refractivity contribution in [2.45, 2.75) is 26.5 Å². The van der Waals surface area contributed by atoms with Crippen molar-refractivity contribution < 1.29 is 13.9 Å². The van der Waals surface area contributed by atoms with Gasteiger partial charge in [-0.15, -0.1) is 0 Å². The molecule has 7 heteroatoms. The highest BCUT2D eigenvalue weighted by Gasteiger charge is 2.26. The molecule has 1 aliphatic rings. The number of pyridine rings is 1. The van der Waals surface area contributed by atoms with Gasteiger partial charge in [-0.3, -0.25) is 14.7 Å². The average molecular weight is 407 g/mol. The maximum absolute atomic E-state index is 12.9. The number of aromatic nitrogens is 1. The van der Waals surface area contributed by atoms with Gasteiger partial charge in [0.2, 0.25) is 0 Å². The molecule has 4 rings (SSSR count). The second-order valence-corrected chi connectivity index (χ2v) is 7.59. The van der Waals surface area contributed by atoms with E-state index in [0.29, 0.717) is 24.4 Å². The third-order valence-corrected chi connectivity index (χ3v) is 5.38. The van der Waals surface area contributed by atoms with Gasteiger partial charge in [0.1, 0.15) is 11.3 Å². The Morgan fingerprint density at radius 3 is 2.70 bits per heavy atom. The molecule has 30 heavy (non-hydrogen) atoms. The summed E-state index contributed by atoms with van der Waals surface area (Å²) in [5.74, 6) is 0.554. The predicted octanol–water partition coefficient (Wildman–Crippen LogP) is 2.61. The van der Waals surface area contributed by atoms with Gasteiger partial charge in [0.05, 0.1) is 5.69 Å². The highest BCUT2D eigenvalue weighted by Crippen LogP contribution is 2.23. The fourth-order valence-electron chi connectivity index (χ4n) is 3.73. The van der Waals surface area contributed by atoms with Crippen molar-refractivity contribution in [3.63, 3.8) is 0 Å². The van der Waals surface area contributed by atoms with E-state index in [1.165, 1.54) is 6.07 Å². The molecular formula is C23H25N3O4. The molecule has 3 heterocycles. The predicted molar refractivity (Wildman–Crippen MR) is 113 cm³/mol. The summed E-state index contributed by atoms with van der Waals surface area (Å²) in [5.41, 5.74) is 1.99. The van der Waals surface area contributed by atoms with Crippen LogP contribution in [0.1, 0.15) is 18.2 Å². The molecule has 1 fully saturated rings. The Kier molecular flexibility index (Phi) is 5.81. The molecule has 1 amide bonds. The monoisotopic (exact) mass is 407 g/mol. The van der Waals surface area contributed by atoms with Crippen LogP contribution in [-0.4, -0.2) is 53.0 Å². The minimum Gasteiger partial charge on any atom is -0.481 e. The van der Waals surface area contributed by atoms with Crippen molar-refractivity contribution in [1.29, 1.82) is 0 Å². The number of hydrogen-bond donors (Lipinski definition) is 0. The molecule has 1 saturated heterocycles. The van der Waals surface area contributed by atoms with Crippen molar-refractivity contribution in [2.24, 2.45) is 0 Å². The number of amides is 1. The maximum Gasteiger partial charge on any atom is 0.336 e. The van der Waals surface area contributed by atoms with Gasteiger partial charge in [-0.05, 0) is 49.7 Å². The summed E-state index contributed by atoms with van der Waals surface area (Å²) in [5, 5.41) is 0.801. The third kappa shape index (κ3) is 4.52. The van der Waals surface area contributed by atoms with Crippen molar-refractivity contribution in [2.75, 3.05) is 26.2 Å². The van der Waals surface area contributed by atoms with Crippen LogP contribution >= 0.6 is 0 Å². The Morgan fingerprint density at radius 2 is 1.97 bits per heavy atom. The Morgan fingerprint density at radius 1 is 1.17 bits per heavy atom. The van der Waals surface area contributed by atoms with Gasteiger partial charge >= 0.3 is 5.63 Å². The first kappa shape index (κ1) is 20.1. The zero-order valence-electron chi connectivity index (χ0n) is 17.2. The second kappa shape index (κ2) is 8.67. The van der Waals surface area contributed by atoms with Crippen LogP contribution in [0.25, 0.3) is 11.0 Å². The lowest BCUT2D eigenvalue weighted by Gasteiger charge is -2.35. The number of hydrogen-bond acceptors (Lipinski definition) is 6. The van der Waals surface area contributed by atoms with Crippen LogP contribution < -0.4 is 10.4 Å². The summed E-state index contributed by atoms with van der Waals surface area (Å²) in [6, 6.07) is 12.6. The molecule has 1 aliphatic heterocycles. The molecule has 0 radical (unpaired) electrons. The third-order valence-electron chi connectivity index (χ3n) is 5.38. The van der Waals surface area contributed by atoms with Crippen molar-refractivity contribution in [3.8, 4) is 5.75 Å². The van der Waals surface area contributed by atoms with Gasteiger partial charge in [0.25, 0.3) is 5.91 Å². The number of fused-ring (bicyclic) bond motifs is 1. The van der Waals surface area contributed by atoms with Gasteiger partial charge in [-0.25, -0.2) is 4.79 Å². The number of ether oxygens (including phenoxy) is 1. The second-order valence-electron chi connectivity index (χ2n) is 7.59. The van der Waals surface area contributed by atoms with Gasteiger partial charge in [0, 0.05) is 50.4 Å². The molecule has 1 aromatic carbocycles. The number of carbonyl (C=O) groups is 1. The maximum atomic E-state index is 12.9. The van der Waals surface area contributed by atoms with Crippen LogP contribution in [0.2, 0.25) is 0 Å². The first-order valence-electron chi connectivity index (χ1n) is 10.1. The highest BCUT2D eigenvalue weighted by molar-refractivity contribution is 5.83. The number of benzene rings is 1. The first-order valence-corrected chi connectivity index (χ1v) is 10.1. The van der Waals surface area contributed by atoms with Crippen LogP contribution in [0.5, 0.6) is 5.75 Å². The SMILES string of the molecule is Cc1cc(=O)oc2ccc(OC(C)C(=O)N3CCN(Cc4ccccn4)CC3)cc12. The molecule has 3 aromatic rings. The zero-order valence-corrected chi connectivity index (χ0v) is 17.2. The Hall–Kier alpha value is -3.19. The molecule has 0 bridgehead atoms. The molecule has 0 N–H and O–H groups in total. The van der Waals surface area contributed by atoms with E-state index < -0.39 is 6.10 Å². The molecule has 156 valence electrons. The first-order chi connectivity index (χ1) is 14.5. The summed E-state index contributed by atoms with van der Waals surface area (Å²) >= 11 is 0. The fraction of sp³-hybridized carbons (Fsp3) is 0.348. The topological polar surface area (TPSA) is 75.9 Å². The smallest absolute Gasteiger partial charge is 0.336 e. The van der Waals surface area contributed by atoms with Crippen LogP contribution in [0.3, 0.4) is 0 Å². The van der Waals surface area contributed by atoms with Gasteiger partial charge in [-0.2, -0.15) is 0 Å². The highest BCUT2D eigenvalue weighted by atomic mass is 16.5. The lowest BCUT2D eigenvalue weighted by Crippen LogP contribution is -2.51. The number of nitrogens with zero attached hydrogens (tertiary/aromatic N) is 3. The number of aryl methyl sites for hydroxylation is 1. The summed E-state index contributed by atoms with van der Waals surface area (Å²) in [6.45, 7) is 7.36. The lowest BCUT2D eigenvalue weighted by molar-refractivity contribution is -0.139. The lowest BCUT2D eigenvalue weighted by atomic mass is 10.1. The molecule has 2 aromatic heterocycles. The summed E-state index contributed by atoms with van der Waals surface area (Å²) < 4.78 is 11.1. The Bertz CT molecular complexity index is 1090. The van der Waals surface area contributed by atoms with Crippen molar-refractivity contribution in [1.82, 2.24) is 14.8 Å². The van der Waals surface area contributed by atoms with Crippen LogP contribution in [0.15, 0.2) is 57.9 Å². The van der Waals surface area contributed by atoms with Gasteiger partial charge < -0.3 is 14.1 Å². The van der Waals surface area contributed by atoms with Crippen molar-refractivity contribution >= 4 is 16.9 Å².